The molecule has 1 aromatic rings. The minimum Gasteiger partial charge on any atom is -0.342 e. The van der Waals surface area contributed by atoms with Crippen molar-refractivity contribution in [2.45, 2.75) is 72.5 Å². The van der Waals surface area contributed by atoms with Gasteiger partial charge in [-0.05, 0) is 43.2 Å². The number of nitrogens with one attached hydrogen (secondary N) is 3. The van der Waals surface area contributed by atoms with E-state index in [0.717, 1.165) is 24.0 Å². The summed E-state index contributed by atoms with van der Waals surface area (Å²) in [6.07, 6.45) is 2.20. The molecule has 1 aliphatic rings. The van der Waals surface area contributed by atoms with E-state index < -0.39 is 15.7 Å². The van der Waals surface area contributed by atoms with E-state index in [9.17, 15) is 13.2 Å². The van der Waals surface area contributed by atoms with E-state index in [2.05, 4.69) is 23.9 Å². The number of rotatable bonds is 12. The number of benzene rings is 1. The molecule has 1 saturated heterocycles. The summed E-state index contributed by atoms with van der Waals surface area (Å²) in [7, 11) is -3.52. The third-order valence-electron chi connectivity index (χ3n) is 5.31. The number of nitrogens with zero attached hydrogens (tertiary/aromatic N) is 2. The minimum atomic E-state index is -3.52. The SMILES string of the molecule is CCCN(CCC)S(=O)(=O)NCc1ccc(CN2C(=N)NC(C)(CC(C)C)C2=O)cc1. The molecular formula is C22H37N5O3S. The topological polar surface area (TPSA) is 106 Å². The number of carbonyl (C=O) groups is 1. The Kier molecular flexibility index (Phi) is 8.62. The van der Waals surface area contributed by atoms with Gasteiger partial charge >= 0.3 is 0 Å². The zero-order chi connectivity index (χ0) is 23.2. The van der Waals surface area contributed by atoms with Gasteiger partial charge in [0.15, 0.2) is 5.96 Å². The van der Waals surface area contributed by atoms with Crippen LogP contribution in [0, 0.1) is 11.3 Å². The number of amides is 1. The van der Waals surface area contributed by atoms with Gasteiger partial charge < -0.3 is 5.32 Å². The predicted molar refractivity (Wildman–Crippen MR) is 124 cm³/mol. The summed E-state index contributed by atoms with van der Waals surface area (Å²) in [6, 6.07) is 7.45. The number of hydrogen-bond donors (Lipinski definition) is 3. The van der Waals surface area contributed by atoms with Crippen molar-refractivity contribution in [1.82, 2.24) is 19.2 Å². The average molecular weight is 452 g/mol. The van der Waals surface area contributed by atoms with Crippen molar-refractivity contribution in [3.8, 4) is 0 Å². The second-order valence-corrected chi connectivity index (χ2v) is 10.6. The number of hydrogen-bond acceptors (Lipinski definition) is 4. The highest BCUT2D eigenvalue weighted by atomic mass is 32.2. The Bertz CT molecular complexity index is 864. The van der Waals surface area contributed by atoms with Crippen LogP contribution in [-0.4, -0.2) is 48.1 Å². The van der Waals surface area contributed by atoms with E-state index in [0.29, 0.717) is 32.0 Å². The van der Waals surface area contributed by atoms with Crippen LogP contribution in [0.2, 0.25) is 0 Å². The van der Waals surface area contributed by atoms with Crippen molar-refractivity contribution in [1.29, 1.82) is 5.41 Å². The second kappa shape index (κ2) is 10.6. The third-order valence-corrected chi connectivity index (χ3v) is 6.86. The lowest BCUT2D eigenvalue weighted by molar-refractivity contribution is -0.131. The predicted octanol–water partition coefficient (Wildman–Crippen LogP) is 2.81. The Morgan fingerprint density at radius 1 is 1.13 bits per heavy atom. The van der Waals surface area contributed by atoms with E-state index in [1.807, 2.05) is 45.0 Å². The van der Waals surface area contributed by atoms with Crippen LogP contribution < -0.4 is 10.0 Å². The first-order chi connectivity index (χ1) is 14.5. The van der Waals surface area contributed by atoms with Gasteiger partial charge in [0.05, 0.1) is 6.54 Å². The molecule has 1 fully saturated rings. The van der Waals surface area contributed by atoms with E-state index in [1.54, 1.807) is 0 Å². The largest absolute Gasteiger partial charge is 0.342 e. The molecule has 0 spiro atoms. The van der Waals surface area contributed by atoms with Crippen molar-refractivity contribution >= 4 is 22.1 Å². The number of carbonyl (C=O) groups excluding carboxylic acids is 1. The molecule has 1 atom stereocenters. The first-order valence-electron chi connectivity index (χ1n) is 11.0. The summed E-state index contributed by atoms with van der Waals surface area (Å²) in [5, 5.41) is 11.2. The summed E-state index contributed by atoms with van der Waals surface area (Å²) < 4.78 is 29.2. The first kappa shape index (κ1) is 25.3. The van der Waals surface area contributed by atoms with E-state index in [1.165, 1.54) is 9.21 Å². The van der Waals surface area contributed by atoms with Gasteiger partial charge in [-0.15, -0.1) is 0 Å². The maximum atomic E-state index is 12.9. The van der Waals surface area contributed by atoms with Crippen molar-refractivity contribution in [2.24, 2.45) is 5.92 Å². The van der Waals surface area contributed by atoms with Crippen LogP contribution in [0.3, 0.4) is 0 Å². The highest BCUT2D eigenvalue weighted by Gasteiger charge is 2.45. The van der Waals surface area contributed by atoms with Gasteiger partial charge in [0.25, 0.3) is 16.1 Å². The molecular weight excluding hydrogens is 414 g/mol. The van der Waals surface area contributed by atoms with Crippen LogP contribution in [0.15, 0.2) is 24.3 Å². The third kappa shape index (κ3) is 6.51. The summed E-state index contributed by atoms with van der Waals surface area (Å²) >= 11 is 0. The molecule has 3 N–H and O–H groups in total. The molecule has 1 aliphatic heterocycles. The Hall–Kier alpha value is -1.97. The van der Waals surface area contributed by atoms with Crippen molar-refractivity contribution in [3.63, 3.8) is 0 Å². The molecule has 0 aromatic heterocycles. The Balaban J connectivity index is 1.99. The summed E-state index contributed by atoms with van der Waals surface area (Å²) in [6.45, 7) is 11.4. The molecule has 0 saturated carbocycles. The summed E-state index contributed by atoms with van der Waals surface area (Å²) in [4.78, 5) is 14.3. The van der Waals surface area contributed by atoms with E-state index in [-0.39, 0.29) is 18.4 Å². The smallest absolute Gasteiger partial charge is 0.279 e. The fourth-order valence-electron chi connectivity index (χ4n) is 3.95. The molecule has 0 radical (unpaired) electrons. The van der Waals surface area contributed by atoms with Crippen molar-refractivity contribution in [2.75, 3.05) is 13.1 Å². The summed E-state index contributed by atoms with van der Waals surface area (Å²) in [5.41, 5.74) is 0.983. The monoisotopic (exact) mass is 451 g/mol. The minimum absolute atomic E-state index is 0.0880. The van der Waals surface area contributed by atoms with Crippen LogP contribution in [0.4, 0.5) is 0 Å². The first-order valence-corrected chi connectivity index (χ1v) is 12.5. The van der Waals surface area contributed by atoms with Gasteiger partial charge in [-0.1, -0.05) is 52.0 Å². The lowest BCUT2D eigenvalue weighted by atomic mass is 9.91. The molecule has 9 heteroatoms. The Morgan fingerprint density at radius 3 is 2.19 bits per heavy atom. The van der Waals surface area contributed by atoms with Crippen LogP contribution >= 0.6 is 0 Å². The molecule has 8 nitrogen and oxygen atoms in total. The normalized spacial score (nSPS) is 19.5. The van der Waals surface area contributed by atoms with Crippen LogP contribution in [0.5, 0.6) is 0 Å². The highest BCUT2D eigenvalue weighted by Crippen LogP contribution is 2.26. The van der Waals surface area contributed by atoms with Crippen LogP contribution in [0.1, 0.15) is 65.0 Å². The molecule has 1 unspecified atom stereocenters. The van der Waals surface area contributed by atoms with Gasteiger partial charge in [-0.2, -0.15) is 17.4 Å². The Labute approximate surface area is 187 Å². The molecule has 174 valence electrons. The molecule has 1 amide bonds. The molecule has 1 heterocycles. The van der Waals surface area contributed by atoms with Gasteiger partial charge in [-0.3, -0.25) is 15.1 Å². The van der Waals surface area contributed by atoms with E-state index in [4.69, 9.17) is 5.41 Å². The molecule has 2 rings (SSSR count). The van der Waals surface area contributed by atoms with E-state index >= 15 is 0 Å². The quantitative estimate of drug-likeness (QED) is 0.454. The van der Waals surface area contributed by atoms with Crippen molar-refractivity contribution < 1.29 is 13.2 Å². The lowest BCUT2D eigenvalue weighted by Crippen LogP contribution is -2.44. The average Bonchev–Trinajstić information content (AvgIpc) is 2.89. The maximum Gasteiger partial charge on any atom is 0.279 e. The highest BCUT2D eigenvalue weighted by molar-refractivity contribution is 7.87. The fourth-order valence-corrected chi connectivity index (χ4v) is 5.33. The second-order valence-electron chi connectivity index (χ2n) is 8.84. The summed E-state index contributed by atoms with van der Waals surface area (Å²) in [5.74, 6) is 0.370. The van der Waals surface area contributed by atoms with Gasteiger partial charge in [0.2, 0.25) is 0 Å². The maximum absolute atomic E-state index is 12.9. The lowest BCUT2D eigenvalue weighted by Gasteiger charge is -2.24. The van der Waals surface area contributed by atoms with Crippen LogP contribution in [0.25, 0.3) is 0 Å². The fraction of sp³-hybridized carbons (Fsp3) is 0.636. The van der Waals surface area contributed by atoms with Gasteiger partial charge in [0, 0.05) is 19.6 Å². The Morgan fingerprint density at radius 2 is 1.68 bits per heavy atom. The zero-order valence-corrected chi connectivity index (χ0v) is 20.2. The molecule has 0 bridgehead atoms. The molecule has 0 aliphatic carbocycles. The van der Waals surface area contributed by atoms with Crippen LogP contribution in [-0.2, 0) is 28.1 Å². The number of guanidine groups is 1. The van der Waals surface area contributed by atoms with Gasteiger partial charge in [-0.25, -0.2) is 0 Å². The standard InChI is InChI=1S/C22H37N5O3S/c1-6-12-26(13-7-2)31(29,30)24-15-18-8-10-19(11-9-18)16-27-20(28)22(5,14-17(3)4)25-21(27)23/h8-11,17,24H,6-7,12-16H2,1-5H3,(H2,23,25). The molecule has 31 heavy (non-hydrogen) atoms. The zero-order valence-electron chi connectivity index (χ0n) is 19.4. The van der Waals surface area contributed by atoms with Crippen molar-refractivity contribution in [3.05, 3.63) is 35.4 Å². The van der Waals surface area contributed by atoms with Gasteiger partial charge in [0.1, 0.15) is 5.54 Å². The molecule has 1 aromatic carbocycles.